The Bertz CT molecular complexity index is 626. The van der Waals surface area contributed by atoms with Crippen LogP contribution in [0.3, 0.4) is 0 Å². The number of fused-ring (bicyclic) bond motifs is 1. The van der Waals surface area contributed by atoms with Crippen LogP contribution in [0, 0.1) is 5.82 Å². The van der Waals surface area contributed by atoms with E-state index in [1.807, 2.05) is 12.1 Å². The van der Waals surface area contributed by atoms with Gasteiger partial charge < -0.3 is 5.32 Å². The van der Waals surface area contributed by atoms with Crippen LogP contribution >= 0.6 is 15.9 Å². The minimum absolute atomic E-state index is 0.135. The smallest absolute Gasteiger partial charge is 0.123 e. The van der Waals surface area contributed by atoms with Crippen LogP contribution < -0.4 is 5.32 Å². The molecule has 1 N–H and O–H groups in total. The van der Waals surface area contributed by atoms with Gasteiger partial charge in [-0.3, -0.25) is 0 Å². The van der Waals surface area contributed by atoms with Crippen LogP contribution in [0.25, 0.3) is 0 Å². The van der Waals surface area contributed by atoms with Crippen molar-refractivity contribution >= 4 is 15.9 Å². The molecule has 20 heavy (non-hydrogen) atoms. The highest BCUT2D eigenvalue weighted by Crippen LogP contribution is 2.33. The van der Waals surface area contributed by atoms with Crippen molar-refractivity contribution in [1.82, 2.24) is 5.32 Å². The summed E-state index contributed by atoms with van der Waals surface area (Å²) in [6.45, 7) is 2.17. The van der Waals surface area contributed by atoms with E-state index in [0.29, 0.717) is 6.04 Å². The first-order valence-electron chi connectivity index (χ1n) is 6.93. The van der Waals surface area contributed by atoms with Gasteiger partial charge in [-0.2, -0.15) is 0 Å². The van der Waals surface area contributed by atoms with E-state index in [-0.39, 0.29) is 11.9 Å². The van der Waals surface area contributed by atoms with Gasteiger partial charge in [-0.1, -0.05) is 34.1 Å². The second-order valence-electron chi connectivity index (χ2n) is 5.38. The average molecular weight is 334 g/mol. The van der Waals surface area contributed by atoms with E-state index in [9.17, 15) is 4.39 Å². The molecule has 104 valence electrons. The molecule has 2 atom stereocenters. The fourth-order valence-corrected chi connectivity index (χ4v) is 3.35. The second kappa shape index (κ2) is 5.66. The number of halogens is 2. The van der Waals surface area contributed by atoms with Crippen LogP contribution in [0.15, 0.2) is 46.9 Å². The summed E-state index contributed by atoms with van der Waals surface area (Å²) < 4.78 is 14.3. The summed E-state index contributed by atoms with van der Waals surface area (Å²) in [6, 6.07) is 14.1. The van der Waals surface area contributed by atoms with Crippen LogP contribution in [-0.2, 0) is 6.42 Å². The molecule has 3 rings (SSSR count). The lowest BCUT2D eigenvalue weighted by molar-refractivity contribution is 0.465. The monoisotopic (exact) mass is 333 g/mol. The maximum absolute atomic E-state index is 13.2. The van der Waals surface area contributed by atoms with Crippen molar-refractivity contribution in [2.45, 2.75) is 31.8 Å². The summed E-state index contributed by atoms with van der Waals surface area (Å²) in [5, 5.41) is 3.65. The number of nitrogens with one attached hydrogen (secondary N) is 1. The van der Waals surface area contributed by atoms with E-state index < -0.39 is 0 Å². The van der Waals surface area contributed by atoms with Gasteiger partial charge in [0.25, 0.3) is 0 Å². The molecule has 2 aromatic rings. The van der Waals surface area contributed by atoms with Crippen LogP contribution in [0.2, 0.25) is 0 Å². The Morgan fingerprint density at radius 1 is 1.25 bits per heavy atom. The Kier molecular flexibility index (Phi) is 3.90. The van der Waals surface area contributed by atoms with Crippen molar-refractivity contribution < 1.29 is 4.39 Å². The third-order valence-electron chi connectivity index (χ3n) is 3.98. The number of benzene rings is 2. The predicted molar refractivity (Wildman–Crippen MR) is 83.2 cm³/mol. The maximum Gasteiger partial charge on any atom is 0.123 e. The van der Waals surface area contributed by atoms with Crippen molar-refractivity contribution in [3.05, 3.63) is 69.4 Å². The lowest BCUT2D eigenvalue weighted by Crippen LogP contribution is -2.23. The van der Waals surface area contributed by atoms with Crippen molar-refractivity contribution in [3.63, 3.8) is 0 Å². The first-order valence-corrected chi connectivity index (χ1v) is 7.72. The minimum Gasteiger partial charge on any atom is -0.303 e. The number of aryl methyl sites for hydroxylation is 1. The first-order chi connectivity index (χ1) is 9.63. The first kappa shape index (κ1) is 13.8. The van der Waals surface area contributed by atoms with Crippen molar-refractivity contribution in [2.75, 3.05) is 0 Å². The molecule has 0 bridgehead atoms. The highest BCUT2D eigenvalue weighted by atomic mass is 79.9. The molecule has 0 amide bonds. The fraction of sp³-hybridized carbons (Fsp3) is 0.294. The molecular weight excluding hydrogens is 317 g/mol. The standard InChI is InChI=1S/C17H17BrFN/c1-11(12-3-2-4-14(18)9-12)20-17-8-5-13-10-15(19)6-7-16(13)17/h2-4,6-7,9-11,17,20H,5,8H2,1H3/t11-,17?/m1/s1. The van der Waals surface area contributed by atoms with E-state index in [2.05, 4.69) is 46.4 Å². The molecule has 0 saturated carbocycles. The molecule has 3 heteroatoms. The van der Waals surface area contributed by atoms with Gasteiger partial charge in [0, 0.05) is 16.6 Å². The Morgan fingerprint density at radius 2 is 2.10 bits per heavy atom. The molecule has 1 nitrogen and oxygen atoms in total. The van der Waals surface area contributed by atoms with Gasteiger partial charge in [-0.25, -0.2) is 4.39 Å². The topological polar surface area (TPSA) is 12.0 Å². The van der Waals surface area contributed by atoms with Crippen molar-refractivity contribution in [1.29, 1.82) is 0 Å². The molecule has 1 unspecified atom stereocenters. The van der Waals surface area contributed by atoms with E-state index in [4.69, 9.17) is 0 Å². The average Bonchev–Trinajstić information content (AvgIpc) is 2.81. The number of hydrogen-bond donors (Lipinski definition) is 1. The van der Waals surface area contributed by atoms with E-state index in [1.54, 1.807) is 12.1 Å². The summed E-state index contributed by atoms with van der Waals surface area (Å²) in [6.07, 6.45) is 1.99. The highest BCUT2D eigenvalue weighted by Gasteiger charge is 2.24. The number of rotatable bonds is 3. The van der Waals surface area contributed by atoms with Crippen LogP contribution in [-0.4, -0.2) is 0 Å². The Labute approximate surface area is 127 Å². The third kappa shape index (κ3) is 2.79. The summed E-state index contributed by atoms with van der Waals surface area (Å²) in [5.41, 5.74) is 3.65. The molecule has 1 aliphatic rings. The molecule has 1 aliphatic carbocycles. The van der Waals surface area contributed by atoms with Gasteiger partial charge in [0.15, 0.2) is 0 Å². The zero-order chi connectivity index (χ0) is 14.1. The van der Waals surface area contributed by atoms with Crippen molar-refractivity contribution in [3.8, 4) is 0 Å². The molecule has 0 aliphatic heterocycles. The van der Waals surface area contributed by atoms with Crippen LogP contribution in [0.5, 0.6) is 0 Å². The zero-order valence-corrected chi connectivity index (χ0v) is 13.0. The zero-order valence-electron chi connectivity index (χ0n) is 11.4. The van der Waals surface area contributed by atoms with Gasteiger partial charge in [-0.15, -0.1) is 0 Å². The molecular formula is C17H17BrFN. The number of hydrogen-bond acceptors (Lipinski definition) is 1. The Morgan fingerprint density at radius 3 is 2.90 bits per heavy atom. The third-order valence-corrected chi connectivity index (χ3v) is 4.48. The largest absolute Gasteiger partial charge is 0.303 e. The fourth-order valence-electron chi connectivity index (χ4n) is 2.93. The quantitative estimate of drug-likeness (QED) is 0.839. The van der Waals surface area contributed by atoms with Crippen molar-refractivity contribution in [2.24, 2.45) is 0 Å². The lowest BCUT2D eigenvalue weighted by atomic mass is 10.0. The van der Waals surface area contributed by atoms with Gasteiger partial charge >= 0.3 is 0 Å². The summed E-state index contributed by atoms with van der Waals surface area (Å²) in [4.78, 5) is 0. The molecule has 0 spiro atoms. The normalized spacial score (nSPS) is 18.9. The molecule has 0 fully saturated rings. The second-order valence-corrected chi connectivity index (χ2v) is 6.29. The molecule has 0 aromatic heterocycles. The Hall–Kier alpha value is -1.19. The predicted octanol–water partition coefficient (Wildman–Crippen LogP) is 4.93. The minimum atomic E-state index is -0.135. The SMILES string of the molecule is C[C@@H](NC1CCc2cc(F)ccc21)c1cccc(Br)c1. The Balaban J connectivity index is 1.77. The maximum atomic E-state index is 13.2. The molecule has 0 heterocycles. The van der Waals surface area contributed by atoms with Gasteiger partial charge in [0.1, 0.15) is 5.82 Å². The van der Waals surface area contributed by atoms with Gasteiger partial charge in [-0.05, 0) is 60.7 Å². The van der Waals surface area contributed by atoms with Gasteiger partial charge in [0.05, 0.1) is 0 Å². The van der Waals surface area contributed by atoms with Crippen LogP contribution in [0.4, 0.5) is 4.39 Å². The molecule has 2 aromatic carbocycles. The summed E-state index contributed by atoms with van der Waals surface area (Å²) >= 11 is 3.51. The highest BCUT2D eigenvalue weighted by molar-refractivity contribution is 9.10. The summed E-state index contributed by atoms with van der Waals surface area (Å²) in [7, 11) is 0. The molecule has 0 radical (unpaired) electrons. The van der Waals surface area contributed by atoms with E-state index in [1.165, 1.54) is 11.1 Å². The van der Waals surface area contributed by atoms with E-state index >= 15 is 0 Å². The molecule has 0 saturated heterocycles. The summed E-state index contributed by atoms with van der Waals surface area (Å²) in [5.74, 6) is -0.135. The van der Waals surface area contributed by atoms with E-state index in [0.717, 1.165) is 22.9 Å². The lowest BCUT2D eigenvalue weighted by Gasteiger charge is -2.21. The van der Waals surface area contributed by atoms with Crippen LogP contribution in [0.1, 0.15) is 42.1 Å². The van der Waals surface area contributed by atoms with Gasteiger partial charge in [0.2, 0.25) is 0 Å².